The number of carbonyl (C=O) groups is 2. The maximum absolute atomic E-state index is 11.3. The van der Waals surface area contributed by atoms with E-state index in [0.717, 1.165) is 0 Å². The van der Waals surface area contributed by atoms with Gasteiger partial charge in [-0.2, -0.15) is 0 Å². The topological polar surface area (TPSA) is 57.6 Å². The first kappa shape index (κ1) is 10.1. The summed E-state index contributed by atoms with van der Waals surface area (Å²) in [5.41, 5.74) is 0. The monoisotopic (exact) mass is 201 g/mol. The highest BCUT2D eigenvalue weighted by Crippen LogP contribution is 2.21. The van der Waals surface area contributed by atoms with Crippen LogP contribution < -0.4 is 0 Å². The van der Waals surface area contributed by atoms with E-state index in [2.05, 4.69) is 0 Å². The van der Waals surface area contributed by atoms with Crippen LogP contribution in [0.3, 0.4) is 0 Å². The zero-order valence-electron chi connectivity index (χ0n) is 7.27. The van der Waals surface area contributed by atoms with Gasteiger partial charge in [0.2, 0.25) is 5.91 Å². The van der Waals surface area contributed by atoms with Crippen molar-refractivity contribution in [3.63, 3.8) is 0 Å². The predicted octanol–water partition coefficient (Wildman–Crippen LogP) is 0.549. The summed E-state index contributed by atoms with van der Waals surface area (Å²) < 4.78 is 0. The molecule has 4 nitrogen and oxygen atoms in total. The Morgan fingerprint density at radius 2 is 2.31 bits per heavy atom. The fourth-order valence-electron chi connectivity index (χ4n) is 1.10. The molecule has 1 aliphatic rings. The van der Waals surface area contributed by atoms with Gasteiger partial charge in [-0.15, -0.1) is 11.8 Å². The van der Waals surface area contributed by atoms with Gasteiger partial charge in [0.25, 0.3) is 0 Å². The van der Waals surface area contributed by atoms with Gasteiger partial charge in [-0.25, -0.2) is 4.79 Å². The zero-order valence-corrected chi connectivity index (χ0v) is 8.08. The molecule has 13 heavy (non-hydrogen) atoms. The Kier molecular flexibility index (Phi) is 3.36. The lowest BCUT2D eigenvalue weighted by Crippen LogP contribution is -2.40. The van der Waals surface area contributed by atoms with Gasteiger partial charge in [-0.3, -0.25) is 4.79 Å². The van der Waals surface area contributed by atoms with Gasteiger partial charge in [-0.1, -0.05) is 6.08 Å². The van der Waals surface area contributed by atoms with Crippen LogP contribution in [0.5, 0.6) is 0 Å². The Labute approximate surface area is 80.6 Å². The van der Waals surface area contributed by atoms with Crippen molar-refractivity contribution in [2.24, 2.45) is 0 Å². The van der Waals surface area contributed by atoms with Crippen LogP contribution in [0.15, 0.2) is 12.2 Å². The van der Waals surface area contributed by atoms with Crippen LogP contribution in [-0.4, -0.2) is 39.6 Å². The second kappa shape index (κ2) is 4.32. The number of thioether (sulfide) groups is 1. The number of carboxylic acid groups (broad SMARTS) is 1. The quantitative estimate of drug-likeness (QED) is 0.663. The van der Waals surface area contributed by atoms with Crippen LogP contribution in [0.4, 0.5) is 0 Å². The summed E-state index contributed by atoms with van der Waals surface area (Å²) in [6.45, 7) is 1.73. The SMILES string of the molecule is C/C=C/C(=O)N1CSC[C@@H]1C(=O)O. The number of allylic oxidation sites excluding steroid dienone is 1. The molecule has 1 heterocycles. The fraction of sp³-hybridized carbons (Fsp3) is 0.500. The van der Waals surface area contributed by atoms with Gasteiger partial charge in [0.1, 0.15) is 6.04 Å². The van der Waals surface area contributed by atoms with Gasteiger partial charge in [0, 0.05) is 5.75 Å². The van der Waals surface area contributed by atoms with E-state index >= 15 is 0 Å². The molecule has 0 bridgehead atoms. The van der Waals surface area contributed by atoms with E-state index in [1.54, 1.807) is 13.0 Å². The highest BCUT2D eigenvalue weighted by Gasteiger charge is 2.33. The molecule has 0 aromatic rings. The number of carbonyl (C=O) groups excluding carboxylic acids is 1. The maximum atomic E-state index is 11.3. The second-order valence-corrected chi connectivity index (χ2v) is 3.66. The third-order valence-electron chi connectivity index (χ3n) is 1.76. The average molecular weight is 201 g/mol. The zero-order chi connectivity index (χ0) is 9.84. The van der Waals surface area contributed by atoms with Gasteiger partial charge in [0.15, 0.2) is 0 Å². The average Bonchev–Trinajstić information content (AvgIpc) is 2.52. The van der Waals surface area contributed by atoms with Crippen LogP contribution in [-0.2, 0) is 9.59 Å². The predicted molar refractivity (Wildman–Crippen MR) is 50.4 cm³/mol. The van der Waals surface area contributed by atoms with Crippen molar-refractivity contribution in [1.29, 1.82) is 0 Å². The highest BCUT2D eigenvalue weighted by molar-refractivity contribution is 7.99. The molecule has 0 spiro atoms. The third kappa shape index (κ3) is 2.24. The molecule has 72 valence electrons. The number of nitrogens with zero attached hydrogens (tertiary/aromatic N) is 1. The van der Waals surface area contributed by atoms with E-state index in [1.807, 2.05) is 0 Å². The summed E-state index contributed by atoms with van der Waals surface area (Å²) in [5.74, 6) is -0.193. The molecule has 1 aliphatic heterocycles. The fourth-order valence-corrected chi connectivity index (χ4v) is 2.26. The number of carboxylic acids is 1. The van der Waals surface area contributed by atoms with Crippen LogP contribution in [0.2, 0.25) is 0 Å². The minimum absolute atomic E-state index is 0.222. The highest BCUT2D eigenvalue weighted by atomic mass is 32.2. The summed E-state index contributed by atoms with van der Waals surface area (Å²) in [5, 5.41) is 8.77. The van der Waals surface area contributed by atoms with Gasteiger partial charge in [0.05, 0.1) is 5.88 Å². The van der Waals surface area contributed by atoms with Gasteiger partial charge in [-0.05, 0) is 13.0 Å². The standard InChI is InChI=1S/C8H11NO3S/c1-2-3-7(10)9-5-13-4-6(9)8(11)12/h2-3,6H,4-5H2,1H3,(H,11,12)/b3-2+/t6-/m1/s1. The number of hydrogen-bond donors (Lipinski definition) is 1. The second-order valence-electron chi connectivity index (χ2n) is 2.66. The van der Waals surface area contributed by atoms with Crippen molar-refractivity contribution in [3.05, 3.63) is 12.2 Å². The maximum Gasteiger partial charge on any atom is 0.327 e. The van der Waals surface area contributed by atoms with Crippen LogP contribution >= 0.6 is 11.8 Å². The molecule has 0 saturated carbocycles. The molecule has 1 amide bonds. The number of rotatable bonds is 2. The smallest absolute Gasteiger partial charge is 0.327 e. The molecular formula is C8H11NO3S. The van der Waals surface area contributed by atoms with E-state index in [4.69, 9.17) is 5.11 Å². The Morgan fingerprint density at radius 3 is 2.85 bits per heavy atom. The van der Waals surface area contributed by atoms with Crippen LogP contribution in [0, 0.1) is 0 Å². The van der Waals surface area contributed by atoms with E-state index in [0.29, 0.717) is 11.6 Å². The van der Waals surface area contributed by atoms with Crippen molar-refractivity contribution in [1.82, 2.24) is 4.90 Å². The largest absolute Gasteiger partial charge is 0.480 e. The Hall–Kier alpha value is -0.970. The number of aliphatic carboxylic acids is 1. The summed E-state index contributed by atoms with van der Waals surface area (Å²) in [6, 6.07) is -0.659. The van der Waals surface area contributed by atoms with Crippen molar-refractivity contribution in [2.75, 3.05) is 11.6 Å². The van der Waals surface area contributed by atoms with E-state index in [-0.39, 0.29) is 5.91 Å². The minimum Gasteiger partial charge on any atom is -0.480 e. The Bertz CT molecular complexity index is 252. The van der Waals surface area contributed by atoms with E-state index < -0.39 is 12.0 Å². The summed E-state index contributed by atoms with van der Waals surface area (Å²) in [4.78, 5) is 23.4. The molecule has 1 rings (SSSR count). The first-order valence-electron chi connectivity index (χ1n) is 3.90. The van der Waals surface area contributed by atoms with Crippen molar-refractivity contribution in [2.45, 2.75) is 13.0 Å². The number of amides is 1. The third-order valence-corrected chi connectivity index (χ3v) is 2.77. The molecule has 0 radical (unpaired) electrons. The molecule has 0 aromatic carbocycles. The Morgan fingerprint density at radius 1 is 1.62 bits per heavy atom. The summed E-state index contributed by atoms with van der Waals surface area (Å²) in [6.07, 6.45) is 3.01. The lowest BCUT2D eigenvalue weighted by molar-refractivity contribution is -0.146. The molecule has 0 aromatic heterocycles. The Balaban J connectivity index is 2.68. The molecule has 0 unspecified atom stereocenters. The molecule has 1 saturated heterocycles. The van der Waals surface area contributed by atoms with E-state index in [9.17, 15) is 9.59 Å². The van der Waals surface area contributed by atoms with Crippen molar-refractivity contribution < 1.29 is 14.7 Å². The van der Waals surface area contributed by atoms with Crippen LogP contribution in [0.1, 0.15) is 6.92 Å². The van der Waals surface area contributed by atoms with Crippen molar-refractivity contribution in [3.8, 4) is 0 Å². The number of hydrogen-bond acceptors (Lipinski definition) is 3. The molecule has 1 N–H and O–H groups in total. The molecule has 1 fully saturated rings. The first-order chi connectivity index (χ1) is 6.16. The molecular weight excluding hydrogens is 190 g/mol. The molecule has 1 atom stereocenters. The summed E-state index contributed by atoms with van der Waals surface area (Å²) >= 11 is 1.46. The van der Waals surface area contributed by atoms with Crippen molar-refractivity contribution >= 4 is 23.6 Å². The summed E-state index contributed by atoms with van der Waals surface area (Å²) in [7, 11) is 0. The van der Waals surface area contributed by atoms with Gasteiger partial charge < -0.3 is 10.0 Å². The lowest BCUT2D eigenvalue weighted by Gasteiger charge is -2.18. The first-order valence-corrected chi connectivity index (χ1v) is 5.06. The molecule has 0 aliphatic carbocycles. The normalized spacial score (nSPS) is 22.5. The van der Waals surface area contributed by atoms with Gasteiger partial charge >= 0.3 is 5.97 Å². The molecule has 5 heteroatoms. The lowest BCUT2D eigenvalue weighted by atomic mass is 10.3. The van der Waals surface area contributed by atoms with Crippen LogP contribution in [0.25, 0.3) is 0 Å². The minimum atomic E-state index is -0.928. The van der Waals surface area contributed by atoms with E-state index in [1.165, 1.54) is 22.7 Å².